The number of likely N-dealkylation sites (N-methyl/N-ethyl adjacent to an activating group) is 1. The summed E-state index contributed by atoms with van der Waals surface area (Å²) in [6.07, 6.45) is 3.17. The summed E-state index contributed by atoms with van der Waals surface area (Å²) < 4.78 is 5.21. The number of fused-ring (bicyclic) bond motifs is 6. The van der Waals surface area contributed by atoms with Gasteiger partial charge in [-0.2, -0.15) is 0 Å². The van der Waals surface area contributed by atoms with Crippen LogP contribution in [0.4, 0.5) is 0 Å². The second-order valence-corrected chi connectivity index (χ2v) is 6.78. The van der Waals surface area contributed by atoms with Crippen molar-refractivity contribution in [1.82, 2.24) is 9.88 Å². The largest absolute Gasteiger partial charge is 0.469 e. The van der Waals surface area contributed by atoms with Crippen molar-refractivity contribution in [3.8, 4) is 0 Å². The number of nitrogens with one attached hydrogen (secondary N) is 1. The molecule has 2 bridgehead atoms. The fourth-order valence-corrected chi connectivity index (χ4v) is 4.68. The lowest BCUT2D eigenvalue weighted by atomic mass is 9.68. The van der Waals surface area contributed by atoms with Crippen LogP contribution in [0.1, 0.15) is 43.5 Å². The second kappa shape index (κ2) is 5.78. The Kier molecular flexibility index (Phi) is 3.72. The first-order chi connectivity index (χ1) is 11.7. The molecule has 0 amide bonds. The number of para-hydroxylation sites is 1. The molecular formula is C20H24N2O2. The third-order valence-corrected chi connectivity index (χ3v) is 5.84. The zero-order valence-electron chi connectivity index (χ0n) is 14.5. The summed E-state index contributed by atoms with van der Waals surface area (Å²) in [5.74, 6) is -0.0849. The molecule has 3 atom stereocenters. The number of ether oxygens (including phenoxy) is 1. The smallest absolute Gasteiger partial charge is 0.313 e. The molecule has 4 heteroatoms. The number of allylic oxidation sites excluding steroid dienone is 1. The maximum absolute atomic E-state index is 12.7. The number of likely N-dealkylation sites (tertiary alicyclic amines) is 1. The zero-order chi connectivity index (χ0) is 16.8. The van der Waals surface area contributed by atoms with Gasteiger partial charge in [-0.3, -0.25) is 9.69 Å². The number of esters is 1. The van der Waals surface area contributed by atoms with Crippen molar-refractivity contribution >= 4 is 16.9 Å². The fraction of sp³-hybridized carbons (Fsp3) is 0.450. The van der Waals surface area contributed by atoms with E-state index >= 15 is 0 Å². The third kappa shape index (κ3) is 2.06. The van der Waals surface area contributed by atoms with Gasteiger partial charge in [0.1, 0.15) is 0 Å². The Morgan fingerprint density at radius 1 is 1.42 bits per heavy atom. The van der Waals surface area contributed by atoms with E-state index in [-0.39, 0.29) is 17.8 Å². The number of hydrogen-bond donors (Lipinski definition) is 1. The Labute approximate surface area is 142 Å². The summed E-state index contributed by atoms with van der Waals surface area (Å²) in [7, 11) is 1.50. The molecule has 0 spiro atoms. The van der Waals surface area contributed by atoms with E-state index in [0.717, 1.165) is 36.0 Å². The molecule has 1 aliphatic carbocycles. The lowest BCUT2D eigenvalue weighted by Crippen LogP contribution is -2.45. The van der Waals surface area contributed by atoms with Crippen LogP contribution in [0.5, 0.6) is 0 Å². The summed E-state index contributed by atoms with van der Waals surface area (Å²) in [5, 5.41) is 1.16. The first-order valence-corrected chi connectivity index (χ1v) is 8.77. The Hall–Kier alpha value is -2.07. The number of nitrogens with zero attached hydrogens (tertiary/aromatic N) is 1. The van der Waals surface area contributed by atoms with Crippen molar-refractivity contribution in [2.45, 2.75) is 32.2 Å². The Balaban J connectivity index is 1.99. The van der Waals surface area contributed by atoms with E-state index < -0.39 is 0 Å². The topological polar surface area (TPSA) is 45.3 Å². The minimum Gasteiger partial charge on any atom is -0.469 e. The average Bonchev–Trinajstić information content (AvgIpc) is 3.01. The maximum Gasteiger partial charge on any atom is 0.313 e. The monoisotopic (exact) mass is 324 g/mol. The summed E-state index contributed by atoms with van der Waals surface area (Å²) in [4.78, 5) is 18.8. The quantitative estimate of drug-likeness (QED) is 0.676. The standard InChI is InChI=1S/C20H24N2O2/c1-4-12-11-22(5-2)16-10-14(12)18(20(23)24-3)17-13-8-6-7-9-15(13)21-19(16)17/h4,6-9,14,16,18,21H,5,10-11H2,1-3H3/b12-4-/t14-,16-,18-/m0/s1. The van der Waals surface area contributed by atoms with E-state index in [4.69, 9.17) is 4.74 Å². The van der Waals surface area contributed by atoms with Crippen molar-refractivity contribution in [2.75, 3.05) is 20.2 Å². The van der Waals surface area contributed by atoms with Crippen molar-refractivity contribution in [1.29, 1.82) is 0 Å². The molecule has 4 rings (SSSR count). The Morgan fingerprint density at radius 2 is 2.21 bits per heavy atom. The maximum atomic E-state index is 12.7. The number of H-pyrrole nitrogens is 1. The van der Waals surface area contributed by atoms with Gasteiger partial charge in [0, 0.05) is 29.1 Å². The van der Waals surface area contributed by atoms with E-state index in [2.05, 4.69) is 41.9 Å². The van der Waals surface area contributed by atoms with Crippen molar-refractivity contribution in [3.05, 3.63) is 47.2 Å². The molecule has 1 aliphatic heterocycles. The first-order valence-electron chi connectivity index (χ1n) is 8.77. The molecule has 2 aliphatic rings. The normalized spacial score (nSPS) is 28.1. The molecule has 4 nitrogen and oxygen atoms in total. The van der Waals surface area contributed by atoms with Gasteiger partial charge < -0.3 is 9.72 Å². The highest BCUT2D eigenvalue weighted by molar-refractivity contribution is 5.92. The highest BCUT2D eigenvalue weighted by Gasteiger charge is 2.47. The van der Waals surface area contributed by atoms with Crippen LogP contribution in [0, 0.1) is 5.92 Å². The van der Waals surface area contributed by atoms with E-state index in [0.29, 0.717) is 6.04 Å². The van der Waals surface area contributed by atoms with Gasteiger partial charge in [0.25, 0.3) is 0 Å². The van der Waals surface area contributed by atoms with Crippen LogP contribution >= 0.6 is 0 Å². The molecule has 24 heavy (non-hydrogen) atoms. The van der Waals surface area contributed by atoms with Gasteiger partial charge in [-0.05, 0) is 31.5 Å². The molecule has 2 heterocycles. The molecule has 1 N–H and O–H groups in total. The van der Waals surface area contributed by atoms with Gasteiger partial charge in [0.05, 0.1) is 19.1 Å². The van der Waals surface area contributed by atoms with E-state index in [1.54, 1.807) is 0 Å². The summed E-state index contributed by atoms with van der Waals surface area (Å²) >= 11 is 0. The zero-order valence-corrected chi connectivity index (χ0v) is 14.5. The lowest BCUT2D eigenvalue weighted by Gasteiger charge is -2.46. The number of carbonyl (C=O) groups is 1. The number of aromatic amines is 1. The van der Waals surface area contributed by atoms with Crippen LogP contribution < -0.4 is 0 Å². The average molecular weight is 324 g/mol. The number of piperidine rings is 1. The molecule has 1 saturated heterocycles. The molecular weight excluding hydrogens is 300 g/mol. The van der Waals surface area contributed by atoms with Crippen molar-refractivity contribution in [2.24, 2.45) is 5.92 Å². The van der Waals surface area contributed by atoms with Gasteiger partial charge in [-0.15, -0.1) is 0 Å². The predicted octanol–water partition coefficient (Wildman–Crippen LogP) is 3.77. The van der Waals surface area contributed by atoms with Crippen LogP contribution in [-0.2, 0) is 9.53 Å². The van der Waals surface area contributed by atoms with Crippen LogP contribution in [-0.4, -0.2) is 36.1 Å². The number of aromatic nitrogens is 1. The molecule has 2 aromatic rings. The molecule has 126 valence electrons. The van der Waals surface area contributed by atoms with E-state index in [1.807, 2.05) is 12.1 Å². The molecule has 0 saturated carbocycles. The van der Waals surface area contributed by atoms with Crippen LogP contribution in [0.2, 0.25) is 0 Å². The molecule has 1 aromatic carbocycles. The predicted molar refractivity (Wildman–Crippen MR) is 94.9 cm³/mol. The minimum atomic E-state index is -0.206. The highest BCUT2D eigenvalue weighted by Crippen LogP contribution is 2.52. The van der Waals surface area contributed by atoms with Crippen molar-refractivity contribution in [3.63, 3.8) is 0 Å². The van der Waals surface area contributed by atoms with Gasteiger partial charge in [0.15, 0.2) is 0 Å². The Bertz CT molecular complexity index is 820. The van der Waals surface area contributed by atoms with Gasteiger partial charge in [-0.25, -0.2) is 0 Å². The molecule has 0 radical (unpaired) electrons. The number of carbonyl (C=O) groups excluding carboxylic acids is 1. The SMILES string of the molecule is C/C=C1/CN(CC)[C@H]2C[C@@H]1[C@H](C(=O)OC)c1c2[nH]c2ccccc12. The van der Waals surface area contributed by atoms with Gasteiger partial charge >= 0.3 is 5.97 Å². The minimum absolute atomic E-state index is 0.117. The van der Waals surface area contributed by atoms with Gasteiger partial charge in [-0.1, -0.05) is 36.8 Å². The summed E-state index contributed by atoms with van der Waals surface area (Å²) in [6.45, 7) is 6.24. The van der Waals surface area contributed by atoms with E-state index in [9.17, 15) is 4.79 Å². The number of hydrogen-bond acceptors (Lipinski definition) is 3. The van der Waals surface area contributed by atoms with Crippen LogP contribution in [0.15, 0.2) is 35.9 Å². The third-order valence-electron chi connectivity index (χ3n) is 5.84. The molecule has 1 fully saturated rings. The highest BCUT2D eigenvalue weighted by atomic mass is 16.5. The van der Waals surface area contributed by atoms with Crippen molar-refractivity contribution < 1.29 is 9.53 Å². The Morgan fingerprint density at radius 3 is 2.92 bits per heavy atom. The number of rotatable bonds is 2. The van der Waals surface area contributed by atoms with Gasteiger partial charge in [0.2, 0.25) is 0 Å². The second-order valence-electron chi connectivity index (χ2n) is 6.78. The fourth-order valence-electron chi connectivity index (χ4n) is 4.68. The van der Waals surface area contributed by atoms with Crippen LogP contribution in [0.25, 0.3) is 10.9 Å². The summed E-state index contributed by atoms with van der Waals surface area (Å²) in [5.41, 5.74) is 4.83. The molecule has 0 unspecified atom stereocenters. The first kappa shape index (κ1) is 15.5. The van der Waals surface area contributed by atoms with Crippen LogP contribution in [0.3, 0.4) is 0 Å². The molecule has 1 aromatic heterocycles. The number of benzene rings is 1. The van der Waals surface area contributed by atoms with E-state index in [1.165, 1.54) is 18.4 Å². The lowest BCUT2D eigenvalue weighted by molar-refractivity contribution is -0.144. The number of methoxy groups -OCH3 is 1. The summed E-state index contributed by atoms with van der Waals surface area (Å²) in [6, 6.07) is 8.65.